The van der Waals surface area contributed by atoms with E-state index in [0.29, 0.717) is 19.7 Å². The van der Waals surface area contributed by atoms with Gasteiger partial charge in [-0.2, -0.15) is 0 Å². The van der Waals surface area contributed by atoms with Crippen LogP contribution in [0.4, 0.5) is 4.79 Å². The van der Waals surface area contributed by atoms with Crippen LogP contribution in [0.2, 0.25) is 0 Å². The van der Waals surface area contributed by atoms with Crippen LogP contribution in [0, 0.1) is 0 Å². The van der Waals surface area contributed by atoms with Crippen LogP contribution in [0.25, 0.3) is 0 Å². The van der Waals surface area contributed by atoms with Crippen LogP contribution in [-0.2, 0) is 11.3 Å². The Morgan fingerprint density at radius 2 is 2.33 bits per heavy atom. The maximum atomic E-state index is 11.7. The highest BCUT2D eigenvalue weighted by atomic mass is 79.9. The van der Waals surface area contributed by atoms with Crippen LogP contribution >= 0.6 is 15.9 Å². The molecule has 0 spiro atoms. The normalized spacial score (nSPS) is 19.1. The summed E-state index contributed by atoms with van der Waals surface area (Å²) in [7, 11) is 0. The van der Waals surface area contributed by atoms with E-state index < -0.39 is 0 Å². The largest absolute Gasteiger partial charge is 0.447 e. The summed E-state index contributed by atoms with van der Waals surface area (Å²) in [6.07, 6.45) is 1.59. The Morgan fingerprint density at radius 1 is 1.50 bits per heavy atom. The van der Waals surface area contributed by atoms with Gasteiger partial charge in [-0.1, -0.05) is 28.1 Å². The lowest BCUT2D eigenvalue weighted by Crippen LogP contribution is -2.33. The van der Waals surface area contributed by atoms with E-state index in [9.17, 15) is 4.79 Å². The van der Waals surface area contributed by atoms with E-state index in [-0.39, 0.29) is 12.1 Å². The monoisotopic (exact) mass is 312 g/mol. The lowest BCUT2D eigenvalue weighted by molar-refractivity contribution is 0.156. The molecule has 2 N–H and O–H groups in total. The summed E-state index contributed by atoms with van der Waals surface area (Å²) in [5, 5.41) is 0. The highest BCUT2D eigenvalue weighted by Crippen LogP contribution is 2.21. The third kappa shape index (κ3) is 3.23. The van der Waals surface area contributed by atoms with Gasteiger partial charge in [0, 0.05) is 11.0 Å². The van der Waals surface area contributed by atoms with Crippen LogP contribution < -0.4 is 5.73 Å². The first-order valence-electron chi connectivity index (χ1n) is 6.08. The number of cyclic esters (lactones) is 1. The van der Waals surface area contributed by atoms with Gasteiger partial charge in [-0.3, -0.25) is 4.90 Å². The summed E-state index contributed by atoms with van der Waals surface area (Å²) in [5.74, 6) is 0. The number of halogens is 1. The molecule has 1 aromatic rings. The van der Waals surface area contributed by atoms with Crippen molar-refractivity contribution in [3.8, 4) is 0 Å². The second-order valence-corrected chi connectivity index (χ2v) is 5.34. The van der Waals surface area contributed by atoms with Crippen molar-refractivity contribution < 1.29 is 9.53 Å². The first kappa shape index (κ1) is 13.4. The van der Waals surface area contributed by atoms with Gasteiger partial charge in [0.2, 0.25) is 0 Å². The van der Waals surface area contributed by atoms with Gasteiger partial charge in [-0.15, -0.1) is 0 Å². The van der Waals surface area contributed by atoms with Crippen molar-refractivity contribution in [3.63, 3.8) is 0 Å². The van der Waals surface area contributed by atoms with Crippen LogP contribution in [0.5, 0.6) is 0 Å². The molecule has 1 aromatic carbocycles. The molecule has 5 heteroatoms. The Balaban J connectivity index is 2.03. The minimum Gasteiger partial charge on any atom is -0.447 e. The third-order valence-electron chi connectivity index (χ3n) is 3.06. The summed E-state index contributed by atoms with van der Waals surface area (Å²) < 4.78 is 6.13. The first-order valence-corrected chi connectivity index (χ1v) is 6.88. The number of carbonyl (C=O) groups is 1. The predicted molar refractivity (Wildman–Crippen MR) is 73.1 cm³/mol. The average molecular weight is 313 g/mol. The van der Waals surface area contributed by atoms with Crippen molar-refractivity contribution in [2.24, 2.45) is 5.73 Å². The Labute approximate surface area is 115 Å². The van der Waals surface area contributed by atoms with E-state index in [1.54, 1.807) is 4.90 Å². The summed E-state index contributed by atoms with van der Waals surface area (Å²) in [6, 6.07) is 8.12. The molecule has 1 heterocycles. The second kappa shape index (κ2) is 6.20. The van der Waals surface area contributed by atoms with Crippen molar-refractivity contribution >= 4 is 22.0 Å². The molecule has 1 aliphatic heterocycles. The molecule has 0 aromatic heterocycles. The molecule has 0 radical (unpaired) electrons. The Bertz CT molecular complexity index is 425. The highest BCUT2D eigenvalue weighted by Gasteiger charge is 2.32. The molecule has 1 fully saturated rings. The van der Waals surface area contributed by atoms with Gasteiger partial charge in [-0.25, -0.2) is 4.79 Å². The molecule has 0 aliphatic carbocycles. The minimum absolute atomic E-state index is 0.153. The molecular weight excluding hydrogens is 296 g/mol. The topological polar surface area (TPSA) is 55.6 Å². The zero-order chi connectivity index (χ0) is 13.0. The van der Waals surface area contributed by atoms with Crippen LogP contribution in [0.1, 0.15) is 18.4 Å². The maximum absolute atomic E-state index is 11.7. The van der Waals surface area contributed by atoms with Gasteiger partial charge < -0.3 is 10.5 Å². The smallest absolute Gasteiger partial charge is 0.410 e. The standard InChI is InChI=1S/C13H17BrN2O2/c14-11-4-1-3-10(7-11)8-16-12(5-2-6-15)9-18-13(16)17/h1,3-4,7,12H,2,5-6,8-9,15H2. The number of hydrogen-bond acceptors (Lipinski definition) is 3. The van der Waals surface area contributed by atoms with E-state index in [2.05, 4.69) is 15.9 Å². The van der Waals surface area contributed by atoms with E-state index in [1.165, 1.54) is 0 Å². The van der Waals surface area contributed by atoms with Gasteiger partial charge in [0.25, 0.3) is 0 Å². The number of nitrogens with zero attached hydrogens (tertiary/aromatic N) is 1. The maximum Gasteiger partial charge on any atom is 0.410 e. The van der Waals surface area contributed by atoms with Crippen molar-refractivity contribution in [2.75, 3.05) is 13.2 Å². The van der Waals surface area contributed by atoms with Crippen LogP contribution in [0.15, 0.2) is 28.7 Å². The fourth-order valence-electron chi connectivity index (χ4n) is 2.11. The molecule has 4 nitrogen and oxygen atoms in total. The average Bonchev–Trinajstić information content (AvgIpc) is 2.69. The van der Waals surface area contributed by atoms with Crippen molar-refractivity contribution in [3.05, 3.63) is 34.3 Å². The molecule has 0 saturated carbocycles. The van der Waals surface area contributed by atoms with E-state index >= 15 is 0 Å². The van der Waals surface area contributed by atoms with Crippen molar-refractivity contribution in [1.82, 2.24) is 4.90 Å². The highest BCUT2D eigenvalue weighted by molar-refractivity contribution is 9.10. The molecule has 1 aliphatic rings. The zero-order valence-electron chi connectivity index (χ0n) is 10.1. The molecule has 0 bridgehead atoms. The summed E-state index contributed by atoms with van der Waals surface area (Å²) in [4.78, 5) is 13.5. The number of rotatable bonds is 5. The Hall–Kier alpha value is -1.07. The van der Waals surface area contributed by atoms with Gasteiger partial charge in [0.15, 0.2) is 0 Å². The Kier molecular flexibility index (Phi) is 4.60. The first-order chi connectivity index (χ1) is 8.70. The molecule has 1 amide bonds. The number of carbonyl (C=O) groups excluding carboxylic acids is 1. The lowest BCUT2D eigenvalue weighted by atomic mass is 10.1. The molecule has 18 heavy (non-hydrogen) atoms. The van der Waals surface area contributed by atoms with Crippen LogP contribution in [0.3, 0.4) is 0 Å². The molecule has 1 saturated heterocycles. The molecule has 98 valence electrons. The fourth-order valence-corrected chi connectivity index (χ4v) is 2.55. The van der Waals surface area contributed by atoms with Gasteiger partial charge in [0.1, 0.15) is 6.61 Å². The summed E-state index contributed by atoms with van der Waals surface area (Å²) in [6.45, 7) is 1.72. The Morgan fingerprint density at radius 3 is 3.06 bits per heavy atom. The van der Waals surface area contributed by atoms with Crippen LogP contribution in [-0.4, -0.2) is 30.2 Å². The minimum atomic E-state index is -0.225. The molecular formula is C13H17BrN2O2. The molecule has 1 unspecified atom stereocenters. The number of hydrogen-bond donors (Lipinski definition) is 1. The predicted octanol–water partition coefficient (Wildman–Crippen LogP) is 2.51. The van der Waals surface area contributed by atoms with Gasteiger partial charge in [0.05, 0.1) is 6.04 Å². The number of nitrogens with two attached hydrogens (primary N) is 1. The van der Waals surface area contributed by atoms with Gasteiger partial charge >= 0.3 is 6.09 Å². The fraction of sp³-hybridized carbons (Fsp3) is 0.462. The molecule has 1 atom stereocenters. The second-order valence-electron chi connectivity index (χ2n) is 4.42. The van der Waals surface area contributed by atoms with Gasteiger partial charge in [-0.05, 0) is 37.1 Å². The SMILES string of the molecule is NCCCC1COC(=O)N1Cc1cccc(Br)c1. The number of ether oxygens (including phenoxy) is 1. The number of amides is 1. The van der Waals surface area contributed by atoms with Crippen molar-refractivity contribution in [2.45, 2.75) is 25.4 Å². The number of benzene rings is 1. The zero-order valence-corrected chi connectivity index (χ0v) is 11.7. The van der Waals surface area contributed by atoms with E-state index in [0.717, 1.165) is 22.9 Å². The summed E-state index contributed by atoms with van der Waals surface area (Å²) >= 11 is 3.43. The van der Waals surface area contributed by atoms with E-state index in [1.807, 2.05) is 24.3 Å². The third-order valence-corrected chi connectivity index (χ3v) is 3.55. The summed E-state index contributed by atoms with van der Waals surface area (Å²) in [5.41, 5.74) is 6.61. The van der Waals surface area contributed by atoms with Crippen molar-refractivity contribution in [1.29, 1.82) is 0 Å². The quantitative estimate of drug-likeness (QED) is 0.909. The lowest BCUT2D eigenvalue weighted by Gasteiger charge is -2.21. The molecule has 2 rings (SSSR count). The van der Waals surface area contributed by atoms with E-state index in [4.69, 9.17) is 10.5 Å².